The lowest BCUT2D eigenvalue weighted by Gasteiger charge is -2.25. The van der Waals surface area contributed by atoms with Crippen molar-refractivity contribution in [2.24, 2.45) is 0 Å². The van der Waals surface area contributed by atoms with Gasteiger partial charge in [-0.25, -0.2) is 0 Å². The average molecular weight is 546 g/mol. The van der Waals surface area contributed by atoms with Crippen LogP contribution < -0.4 is 19.5 Å². The predicted octanol–water partition coefficient (Wildman–Crippen LogP) is 0.416. The van der Waals surface area contributed by atoms with Gasteiger partial charge in [-0.2, -0.15) is 0 Å². The van der Waals surface area contributed by atoms with E-state index in [0.717, 1.165) is 30.9 Å². The Hall–Kier alpha value is -4.22. The molecule has 0 saturated heterocycles. The van der Waals surface area contributed by atoms with Crippen molar-refractivity contribution in [2.75, 3.05) is 26.2 Å². The molecule has 0 heterocycles. The van der Waals surface area contributed by atoms with Crippen LogP contribution in [-0.2, 0) is 19.2 Å². The Balaban J connectivity index is 0.000000495. The molecule has 0 aliphatic rings. The van der Waals surface area contributed by atoms with Crippen molar-refractivity contribution >= 4 is 29.8 Å². The Morgan fingerprint density at radius 1 is 0.897 bits per heavy atom. The molecule has 11 nitrogen and oxygen atoms in total. The lowest BCUT2D eigenvalue weighted by atomic mass is 9.96. The second kappa shape index (κ2) is 16.6. The number of likely N-dealkylation sites (N-methyl/N-ethyl adjacent to an activating group) is 1. The Labute approximate surface area is 226 Å². The highest BCUT2D eigenvalue weighted by Gasteiger charge is 2.34. The first-order valence-corrected chi connectivity index (χ1v) is 12.3. The maximum atomic E-state index is 11.9. The van der Waals surface area contributed by atoms with Crippen LogP contribution in [0.1, 0.15) is 39.2 Å². The van der Waals surface area contributed by atoms with E-state index in [0.29, 0.717) is 18.1 Å². The summed E-state index contributed by atoms with van der Waals surface area (Å²) < 4.78 is 11.5. The molecule has 4 N–H and O–H groups in total. The summed E-state index contributed by atoms with van der Waals surface area (Å²) in [6.45, 7) is 9.74. The normalized spacial score (nSPS) is 11.3. The minimum Gasteiger partial charge on any atom is -0.547 e. The Morgan fingerprint density at radius 2 is 1.41 bits per heavy atom. The molecule has 2 rings (SSSR count). The number of ether oxygens (including phenoxy) is 2. The molecular weight excluding hydrogens is 510 g/mol. The van der Waals surface area contributed by atoms with E-state index in [1.807, 2.05) is 54.6 Å². The number of benzene rings is 2. The second-order valence-corrected chi connectivity index (χ2v) is 8.56. The summed E-state index contributed by atoms with van der Waals surface area (Å²) in [7, 11) is 0. The molecule has 0 bridgehead atoms. The fourth-order valence-corrected chi connectivity index (χ4v) is 3.26. The number of rotatable bonds is 15. The quantitative estimate of drug-likeness (QED) is 0.181. The van der Waals surface area contributed by atoms with Crippen LogP contribution in [0.2, 0.25) is 0 Å². The van der Waals surface area contributed by atoms with E-state index in [1.54, 1.807) is 6.08 Å². The molecule has 2 aromatic rings. The molecule has 2 aromatic carbocycles. The van der Waals surface area contributed by atoms with Gasteiger partial charge < -0.3 is 39.6 Å². The summed E-state index contributed by atoms with van der Waals surface area (Å²) >= 11 is 0. The number of carbonyl (C=O) groups is 4. The van der Waals surface area contributed by atoms with Gasteiger partial charge in [0.25, 0.3) is 0 Å². The number of quaternary nitrogens is 1. The van der Waals surface area contributed by atoms with Gasteiger partial charge in [-0.15, -0.1) is 0 Å². The molecule has 39 heavy (non-hydrogen) atoms. The van der Waals surface area contributed by atoms with Crippen molar-refractivity contribution < 1.29 is 54.0 Å². The summed E-state index contributed by atoms with van der Waals surface area (Å²) in [4.78, 5) is 43.7. The van der Waals surface area contributed by atoms with Crippen molar-refractivity contribution in [3.8, 4) is 11.5 Å². The Kier molecular flexibility index (Phi) is 14.0. The smallest absolute Gasteiger partial charge is 0.306 e. The van der Waals surface area contributed by atoms with Gasteiger partial charge in [0, 0.05) is 6.92 Å². The van der Waals surface area contributed by atoms with Crippen LogP contribution in [-0.4, -0.2) is 70.9 Å². The van der Waals surface area contributed by atoms with E-state index >= 15 is 0 Å². The van der Waals surface area contributed by atoms with Crippen LogP contribution >= 0.6 is 0 Å². The number of nitrogens with one attached hydrogen (secondary N) is 1. The third-order valence-electron chi connectivity index (χ3n) is 5.49. The highest BCUT2D eigenvalue weighted by Crippen LogP contribution is 2.21. The first-order valence-electron chi connectivity index (χ1n) is 12.3. The van der Waals surface area contributed by atoms with Gasteiger partial charge in [-0.1, -0.05) is 30.3 Å². The van der Waals surface area contributed by atoms with Gasteiger partial charge in [-0.3, -0.25) is 14.4 Å². The fourth-order valence-electron chi connectivity index (χ4n) is 3.26. The van der Waals surface area contributed by atoms with Crippen molar-refractivity contribution in [1.29, 1.82) is 0 Å². The number of aliphatic hydroxyl groups is 1. The zero-order valence-corrected chi connectivity index (χ0v) is 22.2. The summed E-state index contributed by atoms with van der Waals surface area (Å²) in [6.07, 6.45) is -0.664. The molecule has 0 aliphatic heterocycles. The summed E-state index contributed by atoms with van der Waals surface area (Å²) in [5.74, 6) is -3.73. The monoisotopic (exact) mass is 545 g/mol. The lowest BCUT2D eigenvalue weighted by Crippen LogP contribution is -3.12. The van der Waals surface area contributed by atoms with Crippen molar-refractivity contribution in [3.63, 3.8) is 0 Å². The number of carbonyl (C=O) groups excluding carboxylic acids is 2. The number of carboxylic acids is 3. The van der Waals surface area contributed by atoms with Crippen molar-refractivity contribution in [1.82, 2.24) is 0 Å². The third-order valence-corrected chi connectivity index (χ3v) is 5.49. The van der Waals surface area contributed by atoms with Crippen LogP contribution in [0.3, 0.4) is 0 Å². The third kappa shape index (κ3) is 12.7. The number of hydrogen-bond acceptors (Lipinski definition) is 8. The average Bonchev–Trinajstić information content (AvgIpc) is 2.87. The van der Waals surface area contributed by atoms with E-state index in [4.69, 9.17) is 24.8 Å². The van der Waals surface area contributed by atoms with Gasteiger partial charge >= 0.3 is 11.9 Å². The molecule has 0 atom stereocenters. The molecule has 0 aromatic heterocycles. The van der Waals surface area contributed by atoms with Gasteiger partial charge in [0.15, 0.2) is 11.5 Å². The number of aliphatic carboxylic acids is 3. The number of allylic oxidation sites excluding steroid dienone is 1. The molecule has 0 fully saturated rings. The summed E-state index contributed by atoms with van der Waals surface area (Å²) in [5.41, 5.74) is -1.92. The molecule has 0 unspecified atom stereocenters. The minimum atomic E-state index is -2.85. The highest BCUT2D eigenvalue weighted by atomic mass is 16.5. The van der Waals surface area contributed by atoms with Gasteiger partial charge in [-0.05, 0) is 49.8 Å². The summed E-state index contributed by atoms with van der Waals surface area (Å²) in [5, 5.41) is 35.5. The van der Waals surface area contributed by atoms with E-state index < -0.39 is 36.4 Å². The van der Waals surface area contributed by atoms with Gasteiger partial charge in [0.05, 0.1) is 31.9 Å². The van der Waals surface area contributed by atoms with E-state index in [9.17, 15) is 24.3 Å². The van der Waals surface area contributed by atoms with Crippen molar-refractivity contribution in [3.05, 3.63) is 65.9 Å². The van der Waals surface area contributed by atoms with E-state index in [2.05, 4.69) is 13.8 Å². The maximum Gasteiger partial charge on any atom is 0.306 e. The SMILES string of the molecule is CC[NH+](CC)CCOc1ccc(O/C(=C\c2ccccc2)C(C)=O)cc1.O=C(O)CC(O)(CC(=O)O)C(=O)[O-]. The van der Waals surface area contributed by atoms with E-state index in [-0.39, 0.29) is 5.78 Å². The largest absolute Gasteiger partial charge is 0.547 e. The van der Waals surface area contributed by atoms with E-state index in [1.165, 1.54) is 11.8 Å². The first-order chi connectivity index (χ1) is 18.4. The predicted molar refractivity (Wildman–Crippen MR) is 139 cm³/mol. The standard InChI is InChI=1S/C22H27NO3.C6H8O7/c1-4-23(5-2)15-16-25-20-11-13-21(14-12-20)26-22(18(3)24)17-19-9-7-6-8-10-19;7-3(8)1-6(13,5(11)12)2-4(9)10/h6-14,17H,4-5,15-16H2,1-3H3;13H,1-2H2,(H,7,8)(H,9,10)(H,11,12)/b22-17-;. The molecule has 0 radical (unpaired) electrons. The fraction of sp³-hybridized carbons (Fsp3) is 0.357. The van der Waals surface area contributed by atoms with Crippen LogP contribution in [0.5, 0.6) is 11.5 Å². The second-order valence-electron chi connectivity index (χ2n) is 8.56. The van der Waals surface area contributed by atoms with Crippen LogP contribution in [0.25, 0.3) is 6.08 Å². The zero-order valence-electron chi connectivity index (χ0n) is 22.2. The van der Waals surface area contributed by atoms with Crippen LogP contribution in [0.4, 0.5) is 0 Å². The Morgan fingerprint density at radius 3 is 1.85 bits per heavy atom. The van der Waals surface area contributed by atoms with Crippen LogP contribution in [0, 0.1) is 0 Å². The Bertz CT molecular complexity index is 1090. The molecular formula is C28H35NO10. The topological polar surface area (TPSA) is 175 Å². The maximum absolute atomic E-state index is 11.9. The molecule has 0 spiro atoms. The zero-order chi connectivity index (χ0) is 29.4. The lowest BCUT2D eigenvalue weighted by molar-refractivity contribution is -0.896. The van der Waals surface area contributed by atoms with Gasteiger partial charge in [0.1, 0.15) is 30.3 Å². The number of hydrogen-bond donors (Lipinski definition) is 4. The number of Topliss-reactive ketones (excluding diaryl/α,β-unsaturated/α-hetero) is 1. The minimum absolute atomic E-state index is 0.114. The number of carboxylic acid groups (broad SMARTS) is 3. The molecule has 212 valence electrons. The van der Waals surface area contributed by atoms with Gasteiger partial charge in [0.2, 0.25) is 0 Å². The van der Waals surface area contributed by atoms with Crippen LogP contribution in [0.15, 0.2) is 60.4 Å². The first kappa shape index (κ1) is 32.8. The molecule has 0 saturated carbocycles. The molecule has 0 amide bonds. The highest BCUT2D eigenvalue weighted by molar-refractivity contribution is 5.96. The summed E-state index contributed by atoms with van der Waals surface area (Å²) in [6, 6.07) is 17.0. The van der Waals surface area contributed by atoms with Crippen molar-refractivity contribution in [2.45, 2.75) is 39.2 Å². The molecule has 11 heteroatoms. The molecule has 0 aliphatic carbocycles. The number of ketones is 1.